The molecule has 0 fully saturated rings. The van der Waals surface area contributed by atoms with Crippen LogP contribution in [0.1, 0.15) is 5.56 Å². The summed E-state index contributed by atoms with van der Waals surface area (Å²) in [4.78, 5) is 10.6. The van der Waals surface area contributed by atoms with Crippen molar-refractivity contribution >= 4 is 27.8 Å². The number of benzene rings is 3. The van der Waals surface area contributed by atoms with Crippen molar-refractivity contribution in [2.75, 3.05) is 0 Å². The lowest BCUT2D eigenvalue weighted by Crippen LogP contribution is -1.88. The van der Waals surface area contributed by atoms with Gasteiger partial charge in [0, 0.05) is 11.5 Å². The van der Waals surface area contributed by atoms with Crippen molar-refractivity contribution in [3.05, 3.63) is 70.3 Å². The molecule has 0 saturated carbocycles. The lowest BCUT2D eigenvalue weighted by Gasteiger charge is -2.03. The number of aryl methyl sites for hydroxylation is 1. The Morgan fingerprint density at radius 2 is 1.83 bits per heavy atom. The highest BCUT2D eigenvalue weighted by molar-refractivity contribution is 5.95. The van der Waals surface area contributed by atoms with E-state index in [1.807, 2.05) is 24.3 Å². The molecule has 114 valence electrons. The second kappa shape index (κ2) is 5.84. The summed E-state index contributed by atoms with van der Waals surface area (Å²) in [6.45, 7) is 1.77. The number of aromatic hydroxyl groups is 1. The summed E-state index contributed by atoms with van der Waals surface area (Å²) < 4.78 is 0. The fraction of sp³-hybridized carbons (Fsp3) is 0.0588. The third kappa shape index (κ3) is 2.87. The summed E-state index contributed by atoms with van der Waals surface area (Å²) in [6, 6.07) is 15.4. The zero-order valence-electron chi connectivity index (χ0n) is 12.3. The van der Waals surface area contributed by atoms with E-state index in [1.165, 1.54) is 12.1 Å². The van der Waals surface area contributed by atoms with Gasteiger partial charge in [-0.2, -0.15) is 0 Å². The number of nitrogens with zero attached hydrogens (tertiary/aromatic N) is 3. The zero-order chi connectivity index (χ0) is 16.4. The summed E-state index contributed by atoms with van der Waals surface area (Å²) in [5, 5.41) is 30.8. The molecule has 6 nitrogen and oxygen atoms in total. The third-order valence-corrected chi connectivity index (χ3v) is 3.46. The normalized spacial score (nSPS) is 11.2. The Morgan fingerprint density at radius 3 is 2.61 bits per heavy atom. The highest BCUT2D eigenvalue weighted by Crippen LogP contribution is 2.37. The minimum absolute atomic E-state index is 0.0257. The standard InChI is InChI=1S/C17H13N3O3/c1-11-6-8-14(15(10-11)20(22)23)18-19-17-13-5-3-2-4-12(13)7-9-16(17)21/h2-10,21H,1H3/b19-18+. The summed E-state index contributed by atoms with van der Waals surface area (Å²) in [5.41, 5.74) is 1.09. The SMILES string of the molecule is Cc1ccc(/N=N/c2c(O)ccc3ccccc23)c([N+](=O)[O-])c1. The van der Waals surface area contributed by atoms with Gasteiger partial charge in [0.25, 0.3) is 5.69 Å². The Bertz CT molecular complexity index is 936. The number of fused-ring (bicyclic) bond motifs is 1. The average Bonchev–Trinajstić information content (AvgIpc) is 2.54. The van der Waals surface area contributed by atoms with Gasteiger partial charge in [0.15, 0.2) is 5.69 Å². The van der Waals surface area contributed by atoms with Gasteiger partial charge < -0.3 is 5.11 Å². The summed E-state index contributed by atoms with van der Waals surface area (Å²) >= 11 is 0. The number of hydrogen-bond acceptors (Lipinski definition) is 5. The van der Waals surface area contributed by atoms with Gasteiger partial charge in [0.1, 0.15) is 11.4 Å². The van der Waals surface area contributed by atoms with E-state index in [9.17, 15) is 15.2 Å². The van der Waals surface area contributed by atoms with Gasteiger partial charge >= 0.3 is 0 Å². The molecule has 3 aromatic rings. The maximum Gasteiger partial charge on any atom is 0.296 e. The Hall–Kier alpha value is -3.28. The van der Waals surface area contributed by atoms with Crippen LogP contribution >= 0.6 is 0 Å². The van der Waals surface area contributed by atoms with Crippen molar-refractivity contribution in [1.82, 2.24) is 0 Å². The fourth-order valence-electron chi connectivity index (χ4n) is 2.32. The third-order valence-electron chi connectivity index (χ3n) is 3.46. The van der Waals surface area contributed by atoms with Crippen molar-refractivity contribution in [2.24, 2.45) is 10.2 Å². The predicted octanol–water partition coefficient (Wildman–Crippen LogP) is 5.18. The first-order chi connectivity index (χ1) is 11.1. The number of nitro groups is 1. The maximum absolute atomic E-state index is 11.1. The van der Waals surface area contributed by atoms with Gasteiger partial charge in [-0.3, -0.25) is 10.1 Å². The fourth-order valence-corrected chi connectivity index (χ4v) is 2.32. The van der Waals surface area contributed by atoms with E-state index in [0.717, 1.165) is 16.3 Å². The van der Waals surface area contributed by atoms with Crippen LogP contribution in [-0.4, -0.2) is 10.0 Å². The monoisotopic (exact) mass is 307 g/mol. The number of azo groups is 1. The molecule has 3 aromatic carbocycles. The highest BCUT2D eigenvalue weighted by Gasteiger charge is 2.14. The molecule has 6 heteroatoms. The molecule has 0 aliphatic heterocycles. The summed E-state index contributed by atoms with van der Waals surface area (Å²) in [5.74, 6) is -0.0257. The molecule has 0 saturated heterocycles. The highest BCUT2D eigenvalue weighted by atomic mass is 16.6. The molecule has 23 heavy (non-hydrogen) atoms. The lowest BCUT2D eigenvalue weighted by atomic mass is 10.1. The molecule has 0 unspecified atom stereocenters. The van der Waals surface area contributed by atoms with E-state index in [4.69, 9.17) is 0 Å². The second-order valence-corrected chi connectivity index (χ2v) is 5.10. The quantitative estimate of drug-likeness (QED) is 0.411. The summed E-state index contributed by atoms with van der Waals surface area (Å²) in [7, 11) is 0. The molecular weight excluding hydrogens is 294 g/mol. The molecule has 0 bridgehead atoms. The van der Waals surface area contributed by atoms with Crippen LogP contribution < -0.4 is 0 Å². The van der Waals surface area contributed by atoms with Crippen LogP contribution in [0.15, 0.2) is 64.8 Å². The molecular formula is C17H13N3O3. The van der Waals surface area contributed by atoms with Crippen molar-refractivity contribution in [2.45, 2.75) is 6.92 Å². The second-order valence-electron chi connectivity index (χ2n) is 5.10. The number of phenolic OH excluding ortho intramolecular Hbond substituents is 1. The Balaban J connectivity index is 2.11. The van der Waals surface area contributed by atoms with Crippen LogP contribution in [0.4, 0.5) is 17.1 Å². The van der Waals surface area contributed by atoms with Gasteiger partial charge in [-0.25, -0.2) is 0 Å². The van der Waals surface area contributed by atoms with E-state index in [-0.39, 0.29) is 22.8 Å². The topological polar surface area (TPSA) is 88.1 Å². The van der Waals surface area contributed by atoms with E-state index in [1.54, 1.807) is 25.1 Å². The number of hydrogen-bond donors (Lipinski definition) is 1. The minimum Gasteiger partial charge on any atom is -0.506 e. The van der Waals surface area contributed by atoms with E-state index in [0.29, 0.717) is 0 Å². The molecule has 0 radical (unpaired) electrons. The Kier molecular flexibility index (Phi) is 3.72. The van der Waals surface area contributed by atoms with Gasteiger partial charge in [-0.1, -0.05) is 36.4 Å². The van der Waals surface area contributed by atoms with Gasteiger partial charge in [0.05, 0.1) is 4.92 Å². The zero-order valence-corrected chi connectivity index (χ0v) is 12.3. The molecule has 0 aromatic heterocycles. The largest absolute Gasteiger partial charge is 0.506 e. The Morgan fingerprint density at radius 1 is 1.04 bits per heavy atom. The van der Waals surface area contributed by atoms with Crippen LogP contribution in [0.2, 0.25) is 0 Å². The number of nitro benzene ring substituents is 1. The molecule has 0 amide bonds. The van der Waals surface area contributed by atoms with E-state index in [2.05, 4.69) is 10.2 Å². The molecule has 0 heterocycles. The van der Waals surface area contributed by atoms with Crippen LogP contribution in [0.25, 0.3) is 10.8 Å². The summed E-state index contributed by atoms with van der Waals surface area (Å²) in [6.07, 6.45) is 0. The van der Waals surface area contributed by atoms with Gasteiger partial charge in [-0.05, 0) is 30.0 Å². The minimum atomic E-state index is -0.496. The molecule has 1 N–H and O–H groups in total. The van der Waals surface area contributed by atoms with Crippen LogP contribution in [0, 0.1) is 17.0 Å². The van der Waals surface area contributed by atoms with Gasteiger partial charge in [0.2, 0.25) is 0 Å². The van der Waals surface area contributed by atoms with Crippen LogP contribution in [0.3, 0.4) is 0 Å². The van der Waals surface area contributed by atoms with E-state index < -0.39 is 4.92 Å². The van der Waals surface area contributed by atoms with Crippen molar-refractivity contribution in [3.63, 3.8) is 0 Å². The van der Waals surface area contributed by atoms with Crippen LogP contribution in [-0.2, 0) is 0 Å². The van der Waals surface area contributed by atoms with Crippen molar-refractivity contribution in [3.8, 4) is 5.75 Å². The number of rotatable bonds is 3. The predicted molar refractivity (Wildman–Crippen MR) is 87.6 cm³/mol. The van der Waals surface area contributed by atoms with Crippen LogP contribution in [0.5, 0.6) is 5.75 Å². The molecule has 0 atom stereocenters. The maximum atomic E-state index is 11.1. The smallest absolute Gasteiger partial charge is 0.296 e. The molecule has 0 aliphatic rings. The first kappa shape index (κ1) is 14.6. The number of phenols is 1. The Labute approximate surface area is 131 Å². The first-order valence-electron chi connectivity index (χ1n) is 6.94. The lowest BCUT2D eigenvalue weighted by molar-refractivity contribution is -0.384. The average molecular weight is 307 g/mol. The van der Waals surface area contributed by atoms with Crippen molar-refractivity contribution < 1.29 is 10.0 Å². The van der Waals surface area contributed by atoms with E-state index >= 15 is 0 Å². The molecule has 3 rings (SSSR count). The van der Waals surface area contributed by atoms with Crippen molar-refractivity contribution in [1.29, 1.82) is 0 Å². The first-order valence-corrected chi connectivity index (χ1v) is 6.94. The van der Waals surface area contributed by atoms with Gasteiger partial charge in [-0.15, -0.1) is 10.2 Å². The molecule has 0 aliphatic carbocycles. The molecule has 0 spiro atoms.